The van der Waals surface area contributed by atoms with Gasteiger partial charge in [0.05, 0.1) is 0 Å². The second-order valence-electron chi connectivity index (χ2n) is 6.79. The van der Waals surface area contributed by atoms with Crippen molar-refractivity contribution in [2.24, 2.45) is 11.1 Å². The first-order valence-corrected chi connectivity index (χ1v) is 8.65. The molecule has 2 aromatic rings. The highest BCUT2D eigenvalue weighted by Crippen LogP contribution is 2.38. The van der Waals surface area contributed by atoms with Crippen LogP contribution in [0.2, 0.25) is 0 Å². The number of rotatable bonds is 6. The van der Waals surface area contributed by atoms with Gasteiger partial charge in [0.1, 0.15) is 11.3 Å². The number of fused-ring (bicyclic) bond motifs is 1. The standard InChI is InChI=1S/C19H26N2O2/c20-14-19(9-4-1-5-10-19)13-18(22)21-11-8-16-12-15-6-2-3-7-17(15)23-16/h2-3,6-7,12H,1,4-5,8-11,13-14,20H2,(H,21,22). The van der Waals surface area contributed by atoms with Gasteiger partial charge in [-0.3, -0.25) is 4.79 Å². The summed E-state index contributed by atoms with van der Waals surface area (Å²) >= 11 is 0. The average Bonchev–Trinajstić information content (AvgIpc) is 2.98. The zero-order valence-corrected chi connectivity index (χ0v) is 13.6. The van der Waals surface area contributed by atoms with Crippen LogP contribution in [0.1, 0.15) is 44.3 Å². The Bertz CT molecular complexity index is 623. The third-order valence-corrected chi connectivity index (χ3v) is 5.05. The van der Waals surface area contributed by atoms with Crippen LogP contribution in [0.4, 0.5) is 0 Å². The topological polar surface area (TPSA) is 68.3 Å². The number of nitrogens with two attached hydrogens (primary N) is 1. The van der Waals surface area contributed by atoms with Gasteiger partial charge in [0.2, 0.25) is 5.91 Å². The molecule has 4 nitrogen and oxygen atoms in total. The molecule has 0 radical (unpaired) electrons. The van der Waals surface area contributed by atoms with Gasteiger partial charge in [-0.1, -0.05) is 37.5 Å². The van der Waals surface area contributed by atoms with Gasteiger partial charge in [-0.05, 0) is 36.9 Å². The minimum Gasteiger partial charge on any atom is -0.461 e. The summed E-state index contributed by atoms with van der Waals surface area (Å²) in [4.78, 5) is 12.2. The molecule has 0 spiro atoms. The fourth-order valence-corrected chi connectivity index (χ4v) is 3.64. The van der Waals surface area contributed by atoms with Gasteiger partial charge in [-0.25, -0.2) is 0 Å². The molecule has 1 aliphatic carbocycles. The number of benzene rings is 1. The maximum atomic E-state index is 12.2. The highest BCUT2D eigenvalue weighted by molar-refractivity contribution is 5.78. The fourth-order valence-electron chi connectivity index (χ4n) is 3.64. The van der Waals surface area contributed by atoms with Crippen LogP contribution >= 0.6 is 0 Å². The van der Waals surface area contributed by atoms with Crippen molar-refractivity contribution in [1.82, 2.24) is 5.32 Å². The first kappa shape index (κ1) is 16.1. The monoisotopic (exact) mass is 314 g/mol. The van der Waals surface area contributed by atoms with Gasteiger partial charge < -0.3 is 15.5 Å². The molecule has 1 aliphatic rings. The third kappa shape index (κ3) is 3.94. The molecule has 0 atom stereocenters. The summed E-state index contributed by atoms with van der Waals surface area (Å²) in [7, 11) is 0. The van der Waals surface area contributed by atoms with Crippen LogP contribution in [0, 0.1) is 5.41 Å². The van der Waals surface area contributed by atoms with Gasteiger partial charge >= 0.3 is 0 Å². The van der Waals surface area contributed by atoms with Crippen LogP contribution in [0.5, 0.6) is 0 Å². The molecule has 0 saturated heterocycles. The summed E-state index contributed by atoms with van der Waals surface area (Å²) in [6.45, 7) is 1.23. The molecular weight excluding hydrogens is 288 g/mol. The van der Waals surface area contributed by atoms with Crippen LogP contribution in [-0.2, 0) is 11.2 Å². The molecule has 1 amide bonds. The summed E-state index contributed by atoms with van der Waals surface area (Å²) in [5.74, 6) is 1.03. The summed E-state index contributed by atoms with van der Waals surface area (Å²) < 4.78 is 5.77. The van der Waals surface area contributed by atoms with E-state index in [4.69, 9.17) is 10.2 Å². The normalized spacial score (nSPS) is 17.3. The number of furan rings is 1. The Morgan fingerprint density at radius 3 is 2.74 bits per heavy atom. The average molecular weight is 314 g/mol. The lowest BCUT2D eigenvalue weighted by atomic mass is 9.71. The molecule has 3 N–H and O–H groups in total. The molecule has 0 aliphatic heterocycles. The number of nitrogens with one attached hydrogen (secondary N) is 1. The number of carbonyl (C=O) groups excluding carboxylic acids is 1. The quantitative estimate of drug-likeness (QED) is 0.858. The van der Waals surface area contributed by atoms with Crippen molar-refractivity contribution in [1.29, 1.82) is 0 Å². The Balaban J connectivity index is 1.48. The smallest absolute Gasteiger partial charge is 0.220 e. The zero-order chi connectivity index (χ0) is 16.1. The van der Waals surface area contributed by atoms with Crippen LogP contribution in [0.15, 0.2) is 34.7 Å². The van der Waals surface area contributed by atoms with E-state index in [1.807, 2.05) is 30.3 Å². The van der Waals surface area contributed by atoms with Crippen LogP contribution < -0.4 is 11.1 Å². The number of para-hydroxylation sites is 1. The van der Waals surface area contributed by atoms with Crippen molar-refractivity contribution in [3.63, 3.8) is 0 Å². The minimum atomic E-state index is 0.0295. The number of hydrogen-bond donors (Lipinski definition) is 2. The van der Waals surface area contributed by atoms with Crippen molar-refractivity contribution in [2.75, 3.05) is 13.1 Å². The van der Waals surface area contributed by atoms with Crippen molar-refractivity contribution in [3.05, 3.63) is 36.1 Å². The summed E-state index contributed by atoms with van der Waals surface area (Å²) in [6, 6.07) is 10.0. The summed E-state index contributed by atoms with van der Waals surface area (Å²) in [6.07, 6.45) is 7.11. The Kier molecular flexibility index (Phi) is 5.01. The molecule has 0 unspecified atom stereocenters. The Hall–Kier alpha value is -1.81. The molecule has 4 heteroatoms. The first-order valence-electron chi connectivity index (χ1n) is 8.65. The van der Waals surface area contributed by atoms with Crippen LogP contribution in [-0.4, -0.2) is 19.0 Å². The van der Waals surface area contributed by atoms with Gasteiger partial charge in [-0.2, -0.15) is 0 Å². The van der Waals surface area contributed by atoms with Gasteiger partial charge in [0, 0.05) is 24.8 Å². The summed E-state index contributed by atoms with van der Waals surface area (Å²) in [5.41, 5.74) is 6.88. The maximum Gasteiger partial charge on any atom is 0.220 e. The van der Waals surface area contributed by atoms with Gasteiger partial charge in [0.15, 0.2) is 0 Å². The molecule has 1 aromatic heterocycles. The fraction of sp³-hybridized carbons (Fsp3) is 0.526. The predicted octanol–water partition coefficient (Wildman–Crippen LogP) is 3.39. The van der Waals surface area contributed by atoms with Crippen molar-refractivity contribution in [2.45, 2.75) is 44.9 Å². The van der Waals surface area contributed by atoms with Crippen molar-refractivity contribution < 1.29 is 9.21 Å². The van der Waals surface area contributed by atoms with Gasteiger partial charge in [-0.15, -0.1) is 0 Å². The Labute approximate surface area is 137 Å². The molecule has 1 saturated carbocycles. The van der Waals surface area contributed by atoms with E-state index in [9.17, 15) is 4.79 Å². The molecule has 3 rings (SSSR count). The van der Waals surface area contributed by atoms with E-state index < -0.39 is 0 Å². The van der Waals surface area contributed by atoms with Crippen LogP contribution in [0.3, 0.4) is 0 Å². The molecule has 124 valence electrons. The van der Waals surface area contributed by atoms with E-state index in [0.29, 0.717) is 19.5 Å². The molecule has 23 heavy (non-hydrogen) atoms. The van der Waals surface area contributed by atoms with Crippen LogP contribution in [0.25, 0.3) is 11.0 Å². The number of carbonyl (C=O) groups is 1. The molecule has 1 aromatic carbocycles. The van der Waals surface area contributed by atoms with E-state index in [1.165, 1.54) is 19.3 Å². The second-order valence-corrected chi connectivity index (χ2v) is 6.79. The first-order chi connectivity index (χ1) is 11.2. The lowest BCUT2D eigenvalue weighted by Gasteiger charge is -2.35. The van der Waals surface area contributed by atoms with E-state index in [1.54, 1.807) is 0 Å². The second kappa shape index (κ2) is 7.18. The summed E-state index contributed by atoms with van der Waals surface area (Å²) in [5, 5.41) is 4.14. The van der Waals surface area contributed by atoms with E-state index in [2.05, 4.69) is 5.32 Å². The maximum absolute atomic E-state index is 12.2. The molecule has 0 bridgehead atoms. The van der Waals surface area contributed by atoms with Crippen molar-refractivity contribution in [3.8, 4) is 0 Å². The lowest BCUT2D eigenvalue weighted by molar-refractivity contribution is -0.123. The molecular formula is C19H26N2O2. The third-order valence-electron chi connectivity index (χ3n) is 5.05. The SMILES string of the molecule is NCC1(CC(=O)NCCc2cc3ccccc3o2)CCCCC1. The zero-order valence-electron chi connectivity index (χ0n) is 13.6. The highest BCUT2D eigenvalue weighted by Gasteiger charge is 2.32. The Morgan fingerprint density at radius 2 is 2.00 bits per heavy atom. The lowest BCUT2D eigenvalue weighted by Crippen LogP contribution is -2.39. The highest BCUT2D eigenvalue weighted by atomic mass is 16.3. The number of amides is 1. The van der Waals surface area contributed by atoms with Crippen molar-refractivity contribution >= 4 is 16.9 Å². The van der Waals surface area contributed by atoms with E-state index >= 15 is 0 Å². The minimum absolute atomic E-state index is 0.0295. The largest absolute Gasteiger partial charge is 0.461 e. The molecule has 1 heterocycles. The van der Waals surface area contributed by atoms with E-state index in [-0.39, 0.29) is 11.3 Å². The predicted molar refractivity (Wildman–Crippen MR) is 92.1 cm³/mol. The van der Waals surface area contributed by atoms with Gasteiger partial charge in [0.25, 0.3) is 0 Å². The number of hydrogen-bond acceptors (Lipinski definition) is 3. The van der Waals surface area contributed by atoms with E-state index in [0.717, 1.165) is 36.0 Å². The molecule has 1 fully saturated rings. The Morgan fingerprint density at radius 1 is 1.22 bits per heavy atom.